The lowest BCUT2D eigenvalue weighted by Gasteiger charge is -2.19. The number of nitrogens with zero attached hydrogens (tertiary/aromatic N) is 4. The predicted molar refractivity (Wildman–Crippen MR) is 82.8 cm³/mol. The number of halogens is 1. The third kappa shape index (κ3) is 2.59. The smallest absolute Gasteiger partial charge is 0.149 e. The molecule has 5 heteroatoms. The highest BCUT2D eigenvalue weighted by atomic mass is 19.1. The Bertz CT molecular complexity index is 853. The molecule has 0 fully saturated rings. The first-order valence-electron chi connectivity index (χ1n) is 6.78. The van der Waals surface area contributed by atoms with Crippen molar-refractivity contribution in [2.24, 2.45) is 0 Å². The van der Waals surface area contributed by atoms with Gasteiger partial charge in [-0.1, -0.05) is 18.2 Å². The molecule has 0 saturated carbocycles. The minimum absolute atomic E-state index is 0.319. The van der Waals surface area contributed by atoms with Gasteiger partial charge in [0.15, 0.2) is 0 Å². The average Bonchev–Trinajstić information content (AvgIpc) is 2.55. The van der Waals surface area contributed by atoms with Crippen molar-refractivity contribution in [3.05, 3.63) is 65.7 Å². The van der Waals surface area contributed by atoms with E-state index >= 15 is 0 Å². The van der Waals surface area contributed by atoms with Gasteiger partial charge in [0.1, 0.15) is 23.5 Å². The van der Waals surface area contributed by atoms with Crippen LogP contribution in [0.2, 0.25) is 0 Å². The van der Waals surface area contributed by atoms with Gasteiger partial charge in [-0.15, -0.1) is 0 Å². The van der Waals surface area contributed by atoms with Gasteiger partial charge in [-0.25, -0.2) is 14.4 Å². The van der Waals surface area contributed by atoms with Crippen LogP contribution >= 0.6 is 0 Å². The number of benzene rings is 2. The molecule has 4 nitrogen and oxygen atoms in total. The zero-order valence-corrected chi connectivity index (χ0v) is 12.0. The van der Waals surface area contributed by atoms with Crippen molar-refractivity contribution in [1.29, 1.82) is 5.26 Å². The van der Waals surface area contributed by atoms with Crippen LogP contribution in [0.1, 0.15) is 11.1 Å². The van der Waals surface area contributed by atoms with Crippen LogP contribution in [0.15, 0.2) is 48.8 Å². The Morgan fingerprint density at radius 3 is 2.64 bits per heavy atom. The fraction of sp³-hybridized carbons (Fsp3) is 0.118. The Hall–Kier alpha value is -3.00. The summed E-state index contributed by atoms with van der Waals surface area (Å²) >= 11 is 0. The molecule has 108 valence electrons. The van der Waals surface area contributed by atoms with Gasteiger partial charge < -0.3 is 4.90 Å². The number of nitriles is 1. The fourth-order valence-corrected chi connectivity index (χ4v) is 2.38. The topological polar surface area (TPSA) is 52.8 Å². The number of hydrogen-bond donors (Lipinski definition) is 0. The lowest BCUT2D eigenvalue weighted by atomic mass is 10.1. The van der Waals surface area contributed by atoms with E-state index < -0.39 is 0 Å². The molecule has 0 N–H and O–H groups in total. The number of anilines is 1. The second-order valence-electron chi connectivity index (χ2n) is 5.00. The van der Waals surface area contributed by atoms with E-state index in [2.05, 4.69) is 16.0 Å². The number of para-hydroxylation sites is 1. The Morgan fingerprint density at radius 1 is 1.14 bits per heavy atom. The van der Waals surface area contributed by atoms with E-state index in [0.717, 1.165) is 5.56 Å². The molecule has 0 saturated heterocycles. The van der Waals surface area contributed by atoms with E-state index in [1.54, 1.807) is 18.2 Å². The van der Waals surface area contributed by atoms with Crippen molar-refractivity contribution in [3.8, 4) is 6.07 Å². The quantitative estimate of drug-likeness (QED) is 0.743. The molecule has 0 aliphatic rings. The van der Waals surface area contributed by atoms with Crippen molar-refractivity contribution >= 4 is 16.7 Å². The summed E-state index contributed by atoms with van der Waals surface area (Å²) in [5, 5.41) is 9.50. The molecule has 0 radical (unpaired) electrons. The Labute approximate surface area is 127 Å². The van der Waals surface area contributed by atoms with E-state index in [1.807, 2.05) is 30.1 Å². The van der Waals surface area contributed by atoms with Gasteiger partial charge in [-0.3, -0.25) is 0 Å². The fourth-order valence-electron chi connectivity index (χ4n) is 2.38. The van der Waals surface area contributed by atoms with Gasteiger partial charge >= 0.3 is 0 Å². The first-order valence-corrected chi connectivity index (χ1v) is 6.78. The number of fused-ring (bicyclic) bond motifs is 1. The van der Waals surface area contributed by atoms with Crippen LogP contribution in [-0.4, -0.2) is 17.0 Å². The highest BCUT2D eigenvalue weighted by molar-refractivity contribution is 5.89. The van der Waals surface area contributed by atoms with Crippen LogP contribution in [0.25, 0.3) is 10.9 Å². The standard InChI is InChI=1S/C17H13FN4/c1-22(10-13-7-5-12(9-19)6-8-13)17-14-3-2-4-15(18)16(14)20-11-21-17/h2-8,11H,10H2,1H3. The van der Waals surface area contributed by atoms with Crippen molar-refractivity contribution in [2.45, 2.75) is 6.54 Å². The van der Waals surface area contributed by atoms with Gasteiger partial charge in [-0.2, -0.15) is 5.26 Å². The summed E-state index contributed by atoms with van der Waals surface area (Å²) in [7, 11) is 1.89. The summed E-state index contributed by atoms with van der Waals surface area (Å²) in [5.41, 5.74) is 1.99. The van der Waals surface area contributed by atoms with Gasteiger partial charge in [0.2, 0.25) is 0 Å². The summed E-state index contributed by atoms with van der Waals surface area (Å²) < 4.78 is 13.8. The number of aromatic nitrogens is 2. The lowest BCUT2D eigenvalue weighted by molar-refractivity contribution is 0.636. The highest BCUT2D eigenvalue weighted by Crippen LogP contribution is 2.24. The zero-order chi connectivity index (χ0) is 15.5. The summed E-state index contributed by atoms with van der Waals surface area (Å²) in [6, 6.07) is 14.3. The Balaban J connectivity index is 1.93. The molecule has 1 aromatic heterocycles. The van der Waals surface area contributed by atoms with E-state index in [4.69, 9.17) is 5.26 Å². The molecule has 22 heavy (non-hydrogen) atoms. The molecule has 0 spiro atoms. The molecule has 0 bridgehead atoms. The second-order valence-corrected chi connectivity index (χ2v) is 5.00. The summed E-state index contributed by atoms with van der Waals surface area (Å²) in [5.74, 6) is 0.321. The van der Waals surface area contributed by atoms with Gasteiger partial charge in [0.25, 0.3) is 0 Å². The molecule has 0 unspecified atom stereocenters. The maximum Gasteiger partial charge on any atom is 0.149 e. The molecule has 0 amide bonds. The maximum absolute atomic E-state index is 13.8. The normalized spacial score (nSPS) is 10.4. The molecule has 2 aromatic carbocycles. The van der Waals surface area contributed by atoms with Gasteiger partial charge in [0, 0.05) is 19.0 Å². The van der Waals surface area contributed by atoms with Crippen LogP contribution in [-0.2, 0) is 6.54 Å². The van der Waals surface area contributed by atoms with Crippen LogP contribution < -0.4 is 4.90 Å². The third-order valence-electron chi connectivity index (χ3n) is 3.46. The van der Waals surface area contributed by atoms with Crippen molar-refractivity contribution in [1.82, 2.24) is 9.97 Å². The van der Waals surface area contributed by atoms with Crippen molar-refractivity contribution in [3.63, 3.8) is 0 Å². The first-order chi connectivity index (χ1) is 10.7. The van der Waals surface area contributed by atoms with Gasteiger partial charge in [0.05, 0.1) is 11.6 Å². The Kier molecular flexibility index (Phi) is 3.67. The molecule has 1 heterocycles. The zero-order valence-electron chi connectivity index (χ0n) is 12.0. The van der Waals surface area contributed by atoms with Gasteiger partial charge in [-0.05, 0) is 29.8 Å². The highest BCUT2D eigenvalue weighted by Gasteiger charge is 2.11. The SMILES string of the molecule is CN(Cc1ccc(C#N)cc1)c1ncnc2c(F)cccc12. The van der Waals surface area contributed by atoms with Crippen LogP contribution in [0.3, 0.4) is 0 Å². The van der Waals surface area contributed by atoms with Crippen LogP contribution in [0.5, 0.6) is 0 Å². The molecular formula is C17H13FN4. The van der Waals surface area contributed by atoms with Crippen LogP contribution in [0, 0.1) is 17.1 Å². The minimum atomic E-state index is -0.354. The second kappa shape index (κ2) is 5.78. The molecule has 0 aliphatic heterocycles. The molecule has 3 rings (SSSR count). The minimum Gasteiger partial charge on any atom is -0.355 e. The monoisotopic (exact) mass is 292 g/mol. The largest absolute Gasteiger partial charge is 0.355 e. The summed E-state index contributed by atoms with van der Waals surface area (Å²) in [4.78, 5) is 10.2. The first kappa shape index (κ1) is 14.0. The number of hydrogen-bond acceptors (Lipinski definition) is 4. The van der Waals surface area contributed by atoms with Crippen LogP contribution in [0.4, 0.5) is 10.2 Å². The third-order valence-corrected chi connectivity index (χ3v) is 3.46. The molecule has 3 aromatic rings. The molecule has 0 aliphatic carbocycles. The van der Waals surface area contributed by atoms with E-state index in [1.165, 1.54) is 12.4 Å². The van der Waals surface area contributed by atoms with Crippen molar-refractivity contribution < 1.29 is 4.39 Å². The molecular weight excluding hydrogens is 279 g/mol. The lowest BCUT2D eigenvalue weighted by Crippen LogP contribution is -2.18. The van der Waals surface area contributed by atoms with E-state index in [0.29, 0.717) is 28.8 Å². The summed E-state index contributed by atoms with van der Waals surface area (Å²) in [6.45, 7) is 0.605. The predicted octanol–water partition coefficient (Wildman–Crippen LogP) is 3.28. The Morgan fingerprint density at radius 2 is 1.91 bits per heavy atom. The number of rotatable bonds is 3. The average molecular weight is 292 g/mol. The van der Waals surface area contributed by atoms with E-state index in [9.17, 15) is 4.39 Å². The maximum atomic E-state index is 13.8. The summed E-state index contributed by atoms with van der Waals surface area (Å²) in [6.07, 6.45) is 1.37. The van der Waals surface area contributed by atoms with E-state index in [-0.39, 0.29) is 5.82 Å². The van der Waals surface area contributed by atoms with Crippen molar-refractivity contribution in [2.75, 3.05) is 11.9 Å². The molecule has 0 atom stereocenters.